The highest BCUT2D eigenvalue weighted by Crippen LogP contribution is 2.25. The standard InChI is InChI=1S/C20H22ClN5/c1-4-14(3)23-20-25-18(15-7-9-22-10-8-15)12-19(26-20)24-16-5-6-17(21)13(2)11-16/h5-12,14H,4H2,1-3H3,(H2,23,24,25,26)/t14-/m0/s1. The minimum atomic E-state index is 0.285. The van der Waals surface area contributed by atoms with Crippen LogP contribution in [0.3, 0.4) is 0 Å². The van der Waals surface area contributed by atoms with Crippen LogP contribution in [0.1, 0.15) is 25.8 Å². The molecule has 6 heteroatoms. The number of hydrogen-bond acceptors (Lipinski definition) is 5. The Kier molecular flexibility index (Phi) is 5.68. The van der Waals surface area contributed by atoms with Gasteiger partial charge in [0.05, 0.1) is 5.69 Å². The first-order chi connectivity index (χ1) is 12.5. The molecule has 0 amide bonds. The van der Waals surface area contributed by atoms with Crippen molar-refractivity contribution in [3.05, 3.63) is 59.4 Å². The average molecular weight is 368 g/mol. The van der Waals surface area contributed by atoms with Crippen molar-refractivity contribution in [3.63, 3.8) is 0 Å². The van der Waals surface area contributed by atoms with Crippen LogP contribution in [0, 0.1) is 6.92 Å². The third kappa shape index (κ3) is 4.49. The molecule has 0 unspecified atom stereocenters. The molecule has 1 aromatic carbocycles. The van der Waals surface area contributed by atoms with E-state index in [0.29, 0.717) is 5.95 Å². The topological polar surface area (TPSA) is 62.7 Å². The molecule has 0 aliphatic rings. The second-order valence-electron chi connectivity index (χ2n) is 6.24. The van der Waals surface area contributed by atoms with E-state index in [-0.39, 0.29) is 6.04 Å². The van der Waals surface area contributed by atoms with Gasteiger partial charge in [0.15, 0.2) is 0 Å². The van der Waals surface area contributed by atoms with E-state index in [9.17, 15) is 0 Å². The van der Waals surface area contributed by atoms with Crippen LogP contribution in [0.2, 0.25) is 5.02 Å². The average Bonchev–Trinajstić information content (AvgIpc) is 2.65. The summed E-state index contributed by atoms with van der Waals surface area (Å²) in [4.78, 5) is 13.3. The lowest BCUT2D eigenvalue weighted by Gasteiger charge is -2.15. The molecule has 2 N–H and O–H groups in total. The van der Waals surface area contributed by atoms with Gasteiger partial charge in [-0.3, -0.25) is 4.98 Å². The molecule has 3 aromatic rings. The quantitative estimate of drug-likeness (QED) is 0.606. The summed E-state index contributed by atoms with van der Waals surface area (Å²) in [5.41, 5.74) is 3.77. The maximum atomic E-state index is 6.12. The Bertz CT molecular complexity index is 883. The number of anilines is 3. The fraction of sp³-hybridized carbons (Fsp3) is 0.250. The maximum absolute atomic E-state index is 6.12. The first-order valence-electron chi connectivity index (χ1n) is 8.64. The minimum Gasteiger partial charge on any atom is -0.352 e. The molecule has 0 bridgehead atoms. The summed E-state index contributed by atoms with van der Waals surface area (Å²) < 4.78 is 0. The van der Waals surface area contributed by atoms with Crippen molar-refractivity contribution in [2.24, 2.45) is 0 Å². The monoisotopic (exact) mass is 367 g/mol. The lowest BCUT2D eigenvalue weighted by molar-refractivity contribution is 0.753. The molecule has 5 nitrogen and oxygen atoms in total. The lowest BCUT2D eigenvalue weighted by Crippen LogP contribution is -2.16. The fourth-order valence-corrected chi connectivity index (χ4v) is 2.56. The van der Waals surface area contributed by atoms with Gasteiger partial charge in [0.2, 0.25) is 5.95 Å². The van der Waals surface area contributed by atoms with Crippen LogP contribution in [-0.2, 0) is 0 Å². The molecule has 0 fully saturated rings. The van der Waals surface area contributed by atoms with Crippen LogP contribution < -0.4 is 10.6 Å². The van der Waals surface area contributed by atoms with E-state index in [0.717, 1.165) is 39.8 Å². The van der Waals surface area contributed by atoms with Gasteiger partial charge in [0, 0.05) is 40.8 Å². The van der Waals surface area contributed by atoms with Crippen LogP contribution in [0.5, 0.6) is 0 Å². The van der Waals surface area contributed by atoms with Gasteiger partial charge in [0.25, 0.3) is 0 Å². The first-order valence-corrected chi connectivity index (χ1v) is 9.02. The third-order valence-corrected chi connectivity index (χ3v) is 4.54. The van der Waals surface area contributed by atoms with Gasteiger partial charge in [-0.2, -0.15) is 4.98 Å². The molecule has 26 heavy (non-hydrogen) atoms. The largest absolute Gasteiger partial charge is 0.352 e. The number of aromatic nitrogens is 3. The highest BCUT2D eigenvalue weighted by atomic mass is 35.5. The van der Waals surface area contributed by atoms with Crippen molar-refractivity contribution < 1.29 is 0 Å². The second kappa shape index (κ2) is 8.15. The van der Waals surface area contributed by atoms with Crippen LogP contribution >= 0.6 is 11.6 Å². The van der Waals surface area contributed by atoms with Crippen molar-refractivity contribution in [1.29, 1.82) is 0 Å². The van der Waals surface area contributed by atoms with Crippen LogP contribution in [0.15, 0.2) is 48.8 Å². The van der Waals surface area contributed by atoms with Crippen molar-refractivity contribution >= 4 is 29.1 Å². The van der Waals surface area contributed by atoms with E-state index < -0.39 is 0 Å². The van der Waals surface area contributed by atoms with Gasteiger partial charge in [-0.1, -0.05) is 18.5 Å². The predicted octanol–water partition coefficient (Wildman–Crippen LogP) is 5.45. The molecule has 0 saturated carbocycles. The van der Waals surface area contributed by atoms with Gasteiger partial charge in [-0.15, -0.1) is 0 Å². The summed E-state index contributed by atoms with van der Waals surface area (Å²) in [5, 5.41) is 7.44. The van der Waals surface area contributed by atoms with E-state index >= 15 is 0 Å². The number of benzene rings is 1. The van der Waals surface area contributed by atoms with Crippen molar-refractivity contribution in [2.75, 3.05) is 10.6 Å². The molecule has 0 spiro atoms. The number of aryl methyl sites for hydroxylation is 1. The van der Waals surface area contributed by atoms with Crippen molar-refractivity contribution in [1.82, 2.24) is 15.0 Å². The zero-order valence-electron chi connectivity index (χ0n) is 15.1. The van der Waals surface area contributed by atoms with E-state index in [4.69, 9.17) is 11.6 Å². The molecule has 134 valence electrons. The summed E-state index contributed by atoms with van der Waals surface area (Å²) in [7, 11) is 0. The number of pyridine rings is 1. The molecule has 2 heterocycles. The van der Waals surface area contributed by atoms with Gasteiger partial charge < -0.3 is 10.6 Å². The Labute approximate surface area is 158 Å². The molecule has 0 aliphatic heterocycles. The van der Waals surface area contributed by atoms with E-state index in [1.807, 2.05) is 43.3 Å². The van der Waals surface area contributed by atoms with Crippen molar-refractivity contribution in [2.45, 2.75) is 33.2 Å². The Morgan fingerprint density at radius 1 is 1.08 bits per heavy atom. The fourth-order valence-electron chi connectivity index (χ4n) is 2.44. The van der Waals surface area contributed by atoms with E-state index in [1.54, 1.807) is 12.4 Å². The Morgan fingerprint density at radius 2 is 1.85 bits per heavy atom. The van der Waals surface area contributed by atoms with Gasteiger partial charge in [0.1, 0.15) is 5.82 Å². The number of hydrogen-bond donors (Lipinski definition) is 2. The number of rotatable bonds is 6. The molecular weight excluding hydrogens is 346 g/mol. The Morgan fingerprint density at radius 3 is 2.54 bits per heavy atom. The first kappa shape index (κ1) is 18.1. The Balaban J connectivity index is 1.97. The normalized spacial score (nSPS) is 11.8. The highest BCUT2D eigenvalue weighted by molar-refractivity contribution is 6.31. The maximum Gasteiger partial charge on any atom is 0.225 e. The summed E-state index contributed by atoms with van der Waals surface area (Å²) in [6.45, 7) is 6.21. The van der Waals surface area contributed by atoms with Gasteiger partial charge >= 0.3 is 0 Å². The number of nitrogens with zero attached hydrogens (tertiary/aromatic N) is 3. The molecular formula is C20H22ClN5. The molecule has 3 rings (SSSR count). The summed E-state index contributed by atoms with van der Waals surface area (Å²) in [5.74, 6) is 1.32. The zero-order chi connectivity index (χ0) is 18.5. The summed E-state index contributed by atoms with van der Waals surface area (Å²) >= 11 is 6.12. The lowest BCUT2D eigenvalue weighted by atomic mass is 10.2. The molecule has 0 aliphatic carbocycles. The van der Waals surface area contributed by atoms with Crippen LogP contribution in [0.25, 0.3) is 11.3 Å². The molecule has 0 radical (unpaired) electrons. The molecule has 2 aromatic heterocycles. The van der Waals surface area contributed by atoms with E-state index in [1.165, 1.54) is 0 Å². The van der Waals surface area contributed by atoms with E-state index in [2.05, 4.69) is 39.4 Å². The molecule has 0 saturated heterocycles. The molecule has 1 atom stereocenters. The Hall–Kier alpha value is -2.66. The highest BCUT2D eigenvalue weighted by Gasteiger charge is 2.09. The summed E-state index contributed by atoms with van der Waals surface area (Å²) in [6.07, 6.45) is 4.51. The second-order valence-corrected chi connectivity index (χ2v) is 6.65. The van der Waals surface area contributed by atoms with Crippen LogP contribution in [-0.4, -0.2) is 21.0 Å². The minimum absolute atomic E-state index is 0.285. The smallest absolute Gasteiger partial charge is 0.225 e. The van der Waals surface area contributed by atoms with Crippen molar-refractivity contribution in [3.8, 4) is 11.3 Å². The number of nitrogens with one attached hydrogen (secondary N) is 2. The SMILES string of the molecule is CC[C@H](C)Nc1nc(Nc2ccc(Cl)c(C)c2)cc(-c2ccncc2)n1. The van der Waals surface area contributed by atoms with Gasteiger partial charge in [-0.05, 0) is 56.2 Å². The zero-order valence-corrected chi connectivity index (χ0v) is 15.9. The van der Waals surface area contributed by atoms with Gasteiger partial charge in [-0.25, -0.2) is 4.98 Å². The number of halogens is 1. The third-order valence-electron chi connectivity index (χ3n) is 4.12. The van der Waals surface area contributed by atoms with Crippen LogP contribution in [0.4, 0.5) is 17.5 Å². The predicted molar refractivity (Wildman–Crippen MR) is 108 cm³/mol. The summed E-state index contributed by atoms with van der Waals surface area (Å²) in [6, 6.07) is 11.9.